The maximum atomic E-state index is 14.6. The molecule has 0 amide bonds. The smallest absolute Gasteiger partial charge is 0.231 e. The van der Waals surface area contributed by atoms with E-state index in [-0.39, 0.29) is 28.7 Å². The van der Waals surface area contributed by atoms with Crippen molar-refractivity contribution in [3.63, 3.8) is 0 Å². The minimum absolute atomic E-state index is 0.0550. The fourth-order valence-corrected chi connectivity index (χ4v) is 4.33. The SMILES string of the molecule is N#CC1=C(N)Oc2nc(SCc3ccccc3Cl)nc(N)c2C1c1ccccc1F. The molecule has 3 aromatic rings. The maximum Gasteiger partial charge on any atom is 0.231 e. The van der Waals surface area contributed by atoms with Crippen LogP contribution in [0.25, 0.3) is 0 Å². The van der Waals surface area contributed by atoms with Gasteiger partial charge in [0, 0.05) is 16.3 Å². The van der Waals surface area contributed by atoms with E-state index < -0.39 is 11.7 Å². The van der Waals surface area contributed by atoms with Crippen molar-refractivity contribution in [2.24, 2.45) is 5.73 Å². The van der Waals surface area contributed by atoms with Crippen molar-refractivity contribution in [1.82, 2.24) is 9.97 Å². The molecule has 1 aromatic heterocycles. The molecule has 1 aliphatic rings. The molecule has 4 N–H and O–H groups in total. The number of hydrogen-bond acceptors (Lipinski definition) is 7. The minimum atomic E-state index is -0.859. The average Bonchev–Trinajstić information content (AvgIpc) is 2.72. The van der Waals surface area contributed by atoms with Crippen LogP contribution in [0.5, 0.6) is 5.88 Å². The number of fused-ring (bicyclic) bond motifs is 1. The fraction of sp³-hybridized carbons (Fsp3) is 0.0952. The van der Waals surface area contributed by atoms with E-state index in [0.717, 1.165) is 5.56 Å². The molecule has 0 saturated heterocycles. The molecule has 1 atom stereocenters. The van der Waals surface area contributed by atoms with E-state index in [0.29, 0.717) is 21.5 Å². The highest BCUT2D eigenvalue weighted by Crippen LogP contribution is 2.44. The summed E-state index contributed by atoms with van der Waals surface area (Å²) in [5, 5.41) is 10.6. The Hall–Kier alpha value is -3.28. The van der Waals surface area contributed by atoms with E-state index in [9.17, 15) is 9.65 Å². The van der Waals surface area contributed by atoms with Gasteiger partial charge in [-0.15, -0.1) is 0 Å². The largest absolute Gasteiger partial charge is 0.422 e. The fourth-order valence-electron chi connectivity index (χ4n) is 3.20. The normalized spacial score (nSPS) is 15.3. The van der Waals surface area contributed by atoms with Crippen molar-refractivity contribution in [2.45, 2.75) is 16.8 Å². The number of aromatic nitrogens is 2. The Labute approximate surface area is 181 Å². The Kier molecular flexibility index (Phi) is 5.48. The monoisotopic (exact) mass is 439 g/mol. The molecule has 0 saturated carbocycles. The molecule has 4 rings (SSSR count). The lowest BCUT2D eigenvalue weighted by Crippen LogP contribution is -2.24. The Balaban J connectivity index is 1.75. The molecule has 0 aliphatic carbocycles. The minimum Gasteiger partial charge on any atom is -0.422 e. The standard InChI is InChI=1S/C21H15ClFN5OS/c22-14-7-3-1-5-11(14)10-30-21-27-18(25)17-16(12-6-2-4-8-15(12)23)13(9-24)19(26)29-20(17)28-21/h1-8,16H,10,26H2,(H2,25,27,28). The first-order chi connectivity index (χ1) is 14.5. The first kappa shape index (κ1) is 20.0. The van der Waals surface area contributed by atoms with Gasteiger partial charge in [0.1, 0.15) is 23.3 Å². The van der Waals surface area contributed by atoms with Crippen LogP contribution in [0.4, 0.5) is 10.2 Å². The molecule has 9 heteroatoms. The van der Waals surface area contributed by atoms with Crippen LogP contribution in [-0.2, 0) is 5.75 Å². The van der Waals surface area contributed by atoms with Gasteiger partial charge in [0.25, 0.3) is 0 Å². The summed E-state index contributed by atoms with van der Waals surface area (Å²) in [7, 11) is 0. The Morgan fingerprint density at radius 3 is 2.60 bits per heavy atom. The Morgan fingerprint density at radius 1 is 1.13 bits per heavy atom. The van der Waals surface area contributed by atoms with Gasteiger partial charge in [0.2, 0.25) is 11.8 Å². The second kappa shape index (κ2) is 8.22. The number of ether oxygens (including phenoxy) is 1. The summed E-state index contributed by atoms with van der Waals surface area (Å²) in [5.74, 6) is -0.777. The molecule has 0 bridgehead atoms. The summed E-state index contributed by atoms with van der Waals surface area (Å²) >= 11 is 7.52. The van der Waals surface area contributed by atoms with E-state index in [2.05, 4.69) is 9.97 Å². The highest BCUT2D eigenvalue weighted by atomic mass is 35.5. The molecular weight excluding hydrogens is 425 g/mol. The van der Waals surface area contributed by atoms with Gasteiger partial charge in [-0.2, -0.15) is 10.2 Å². The first-order valence-corrected chi connectivity index (χ1v) is 10.2. The van der Waals surface area contributed by atoms with Gasteiger partial charge in [-0.3, -0.25) is 0 Å². The molecule has 0 spiro atoms. The summed E-state index contributed by atoms with van der Waals surface area (Å²) < 4.78 is 20.1. The predicted molar refractivity (Wildman–Crippen MR) is 113 cm³/mol. The number of nitrogens with zero attached hydrogens (tertiary/aromatic N) is 3. The van der Waals surface area contributed by atoms with Gasteiger partial charge in [-0.25, -0.2) is 9.37 Å². The Bertz CT molecular complexity index is 1210. The van der Waals surface area contributed by atoms with Crippen molar-refractivity contribution in [2.75, 3.05) is 5.73 Å². The van der Waals surface area contributed by atoms with Crippen molar-refractivity contribution in [1.29, 1.82) is 5.26 Å². The zero-order valence-corrected chi connectivity index (χ0v) is 17.0. The quantitative estimate of drug-likeness (QED) is 0.458. The number of allylic oxidation sites excluding steroid dienone is 1. The van der Waals surface area contributed by atoms with Gasteiger partial charge in [0.05, 0.1) is 11.5 Å². The van der Waals surface area contributed by atoms with Crippen molar-refractivity contribution >= 4 is 29.2 Å². The lowest BCUT2D eigenvalue weighted by Gasteiger charge is -2.26. The van der Waals surface area contributed by atoms with Gasteiger partial charge in [0.15, 0.2) is 5.16 Å². The summed E-state index contributed by atoms with van der Waals surface area (Å²) in [5.41, 5.74) is 13.7. The highest BCUT2D eigenvalue weighted by Gasteiger charge is 2.36. The molecule has 6 nitrogen and oxygen atoms in total. The van der Waals surface area contributed by atoms with E-state index in [4.69, 9.17) is 27.8 Å². The summed E-state index contributed by atoms with van der Waals surface area (Å²) in [4.78, 5) is 8.75. The van der Waals surface area contributed by atoms with Crippen LogP contribution >= 0.6 is 23.4 Å². The van der Waals surface area contributed by atoms with Crippen molar-refractivity contribution < 1.29 is 9.13 Å². The number of thioether (sulfide) groups is 1. The van der Waals surface area contributed by atoms with E-state index in [1.165, 1.54) is 17.8 Å². The van der Waals surface area contributed by atoms with Gasteiger partial charge in [-0.05, 0) is 17.7 Å². The third-order valence-electron chi connectivity index (χ3n) is 4.62. The third kappa shape index (κ3) is 3.65. The van der Waals surface area contributed by atoms with Gasteiger partial charge in [-0.1, -0.05) is 59.8 Å². The number of nitrogen functional groups attached to an aromatic ring is 1. The maximum absolute atomic E-state index is 14.6. The van der Waals surface area contributed by atoms with Crippen LogP contribution in [0.1, 0.15) is 22.6 Å². The third-order valence-corrected chi connectivity index (χ3v) is 5.89. The van der Waals surface area contributed by atoms with E-state index in [1.54, 1.807) is 24.3 Å². The molecule has 30 heavy (non-hydrogen) atoms. The second-order valence-electron chi connectivity index (χ2n) is 6.44. The number of nitrogens with two attached hydrogens (primary N) is 2. The molecule has 0 radical (unpaired) electrons. The molecule has 2 aromatic carbocycles. The predicted octanol–water partition coefficient (Wildman–Crippen LogP) is 4.36. The summed E-state index contributed by atoms with van der Waals surface area (Å²) in [6.07, 6.45) is 0. The van der Waals surface area contributed by atoms with Crippen LogP contribution in [0.3, 0.4) is 0 Å². The van der Waals surface area contributed by atoms with E-state index >= 15 is 0 Å². The lowest BCUT2D eigenvalue weighted by atomic mass is 9.84. The highest BCUT2D eigenvalue weighted by molar-refractivity contribution is 7.98. The second-order valence-corrected chi connectivity index (χ2v) is 7.79. The number of nitriles is 1. The molecular formula is C21H15ClFN5OS. The zero-order valence-electron chi connectivity index (χ0n) is 15.5. The summed E-state index contributed by atoms with van der Waals surface area (Å²) in [6.45, 7) is 0. The number of rotatable bonds is 4. The molecule has 150 valence electrons. The van der Waals surface area contributed by atoms with E-state index in [1.807, 2.05) is 24.3 Å². The van der Waals surface area contributed by atoms with Crippen LogP contribution in [0.15, 0.2) is 65.1 Å². The number of halogens is 2. The van der Waals surface area contributed by atoms with Crippen molar-refractivity contribution in [3.05, 3.63) is 87.5 Å². The van der Waals surface area contributed by atoms with Crippen LogP contribution in [0.2, 0.25) is 5.02 Å². The average molecular weight is 440 g/mol. The molecule has 2 heterocycles. The summed E-state index contributed by atoms with van der Waals surface area (Å²) in [6, 6.07) is 15.6. The topological polar surface area (TPSA) is 111 Å². The van der Waals surface area contributed by atoms with Crippen molar-refractivity contribution in [3.8, 4) is 11.9 Å². The van der Waals surface area contributed by atoms with Crippen LogP contribution in [0, 0.1) is 17.1 Å². The number of benzene rings is 2. The lowest BCUT2D eigenvalue weighted by molar-refractivity contribution is 0.372. The molecule has 1 unspecified atom stereocenters. The van der Waals surface area contributed by atoms with Gasteiger partial charge >= 0.3 is 0 Å². The molecule has 1 aliphatic heterocycles. The van der Waals surface area contributed by atoms with Crippen LogP contribution < -0.4 is 16.2 Å². The van der Waals surface area contributed by atoms with Crippen LogP contribution in [-0.4, -0.2) is 9.97 Å². The Morgan fingerprint density at radius 2 is 1.87 bits per heavy atom. The number of anilines is 1. The molecule has 0 fully saturated rings. The number of hydrogen-bond donors (Lipinski definition) is 2. The van der Waals surface area contributed by atoms with Gasteiger partial charge < -0.3 is 16.2 Å². The zero-order chi connectivity index (χ0) is 21.3. The first-order valence-electron chi connectivity index (χ1n) is 8.85.